The predicted molar refractivity (Wildman–Crippen MR) is 137 cm³/mol. The van der Waals surface area contributed by atoms with Crippen LogP contribution in [0, 0.1) is 6.92 Å². The minimum absolute atomic E-state index is 0.0195. The highest BCUT2D eigenvalue weighted by molar-refractivity contribution is 6.33. The number of para-hydroxylation sites is 1. The van der Waals surface area contributed by atoms with Crippen molar-refractivity contribution in [2.75, 3.05) is 31.1 Å². The van der Waals surface area contributed by atoms with Gasteiger partial charge in [0.05, 0.1) is 27.7 Å². The Labute approximate surface area is 204 Å². The Bertz CT molecular complexity index is 1330. The van der Waals surface area contributed by atoms with Crippen LogP contribution in [0.15, 0.2) is 60.8 Å². The fourth-order valence-corrected chi connectivity index (χ4v) is 5.02. The number of rotatable bonds is 5. The highest BCUT2D eigenvalue weighted by Crippen LogP contribution is 2.30. The third-order valence-electron chi connectivity index (χ3n) is 6.46. The summed E-state index contributed by atoms with van der Waals surface area (Å²) in [6.07, 6.45) is 3.42. The number of aryl methyl sites for hydroxylation is 2. The molecule has 0 saturated carbocycles. The van der Waals surface area contributed by atoms with Crippen molar-refractivity contribution in [3.8, 4) is 11.1 Å². The normalized spacial score (nSPS) is 14.1. The Morgan fingerprint density at radius 3 is 2.41 bits per heavy atom. The molecule has 1 aliphatic rings. The van der Waals surface area contributed by atoms with Crippen molar-refractivity contribution in [3.05, 3.63) is 82.8 Å². The fraction of sp³-hybridized carbons (Fsp3) is 0.296. The van der Waals surface area contributed by atoms with E-state index in [9.17, 15) is 4.79 Å². The summed E-state index contributed by atoms with van der Waals surface area (Å²) in [4.78, 5) is 22.5. The van der Waals surface area contributed by atoms with Gasteiger partial charge in [0.15, 0.2) is 5.65 Å². The second-order valence-corrected chi connectivity index (χ2v) is 9.07. The van der Waals surface area contributed by atoms with Crippen LogP contribution in [0.4, 0.5) is 5.69 Å². The van der Waals surface area contributed by atoms with Crippen LogP contribution >= 0.6 is 11.6 Å². The summed E-state index contributed by atoms with van der Waals surface area (Å²) < 4.78 is 1.88. The molecule has 4 aromatic rings. The molecule has 2 aromatic heterocycles. The number of amides is 1. The molecule has 3 heterocycles. The predicted octanol–water partition coefficient (Wildman–Crippen LogP) is 5.27. The molecule has 1 amide bonds. The SMILES string of the molecule is CCCc1c(C(=O)N2CCN(c3ccccc3Cl)CC2)cnc2c(-c3ccccc3)c(C)nn12. The van der Waals surface area contributed by atoms with E-state index in [2.05, 4.69) is 24.0 Å². The summed E-state index contributed by atoms with van der Waals surface area (Å²) in [5.74, 6) is 0.0195. The minimum Gasteiger partial charge on any atom is -0.367 e. The molecule has 7 heteroatoms. The van der Waals surface area contributed by atoms with Gasteiger partial charge in [-0.3, -0.25) is 4.79 Å². The summed E-state index contributed by atoms with van der Waals surface area (Å²) in [5, 5.41) is 5.56. The lowest BCUT2D eigenvalue weighted by Crippen LogP contribution is -2.49. The van der Waals surface area contributed by atoms with Crippen LogP contribution in [-0.4, -0.2) is 51.6 Å². The van der Waals surface area contributed by atoms with Crippen molar-refractivity contribution >= 4 is 28.8 Å². The maximum Gasteiger partial charge on any atom is 0.257 e. The summed E-state index contributed by atoms with van der Waals surface area (Å²) in [7, 11) is 0. The first kappa shape index (κ1) is 22.4. The molecular weight excluding hydrogens is 446 g/mol. The van der Waals surface area contributed by atoms with Gasteiger partial charge < -0.3 is 9.80 Å². The molecule has 0 unspecified atom stereocenters. The van der Waals surface area contributed by atoms with Crippen LogP contribution < -0.4 is 4.90 Å². The Morgan fingerprint density at radius 1 is 1.00 bits per heavy atom. The summed E-state index contributed by atoms with van der Waals surface area (Å²) in [6, 6.07) is 18.0. The molecule has 34 heavy (non-hydrogen) atoms. The Morgan fingerprint density at radius 2 is 1.71 bits per heavy atom. The lowest BCUT2D eigenvalue weighted by molar-refractivity contribution is 0.0744. The third-order valence-corrected chi connectivity index (χ3v) is 6.78. The number of hydrogen-bond donors (Lipinski definition) is 0. The molecule has 0 bridgehead atoms. The molecule has 2 aromatic carbocycles. The third kappa shape index (κ3) is 4.03. The number of benzene rings is 2. The van der Waals surface area contributed by atoms with Crippen molar-refractivity contribution in [1.82, 2.24) is 19.5 Å². The largest absolute Gasteiger partial charge is 0.367 e. The van der Waals surface area contributed by atoms with Gasteiger partial charge in [0.1, 0.15) is 0 Å². The lowest BCUT2D eigenvalue weighted by Gasteiger charge is -2.36. The van der Waals surface area contributed by atoms with E-state index < -0.39 is 0 Å². The van der Waals surface area contributed by atoms with Crippen molar-refractivity contribution in [1.29, 1.82) is 0 Å². The molecule has 174 valence electrons. The van der Waals surface area contributed by atoms with Gasteiger partial charge in [0.2, 0.25) is 0 Å². The Hall–Kier alpha value is -3.38. The van der Waals surface area contributed by atoms with Crippen molar-refractivity contribution in [2.45, 2.75) is 26.7 Å². The highest BCUT2D eigenvalue weighted by Gasteiger charge is 2.27. The van der Waals surface area contributed by atoms with E-state index in [-0.39, 0.29) is 5.91 Å². The summed E-state index contributed by atoms with van der Waals surface area (Å²) >= 11 is 6.38. The van der Waals surface area contributed by atoms with Gasteiger partial charge in [-0.1, -0.05) is 67.4 Å². The monoisotopic (exact) mass is 473 g/mol. The van der Waals surface area contributed by atoms with Gasteiger partial charge in [-0.25, -0.2) is 9.50 Å². The van der Waals surface area contributed by atoms with Crippen molar-refractivity contribution in [2.24, 2.45) is 0 Å². The van der Waals surface area contributed by atoms with E-state index in [1.807, 2.05) is 58.8 Å². The van der Waals surface area contributed by atoms with Gasteiger partial charge in [0.25, 0.3) is 5.91 Å². The van der Waals surface area contributed by atoms with Gasteiger partial charge in [-0.2, -0.15) is 5.10 Å². The van der Waals surface area contributed by atoms with Gasteiger partial charge in [-0.15, -0.1) is 0 Å². The van der Waals surface area contributed by atoms with E-state index >= 15 is 0 Å². The first-order valence-corrected chi connectivity index (χ1v) is 12.2. The molecule has 1 aliphatic heterocycles. The lowest BCUT2D eigenvalue weighted by atomic mass is 10.1. The number of halogens is 1. The number of nitrogens with zero attached hydrogens (tertiary/aromatic N) is 5. The molecule has 0 N–H and O–H groups in total. The number of anilines is 1. The first-order chi connectivity index (χ1) is 16.6. The smallest absolute Gasteiger partial charge is 0.257 e. The topological polar surface area (TPSA) is 53.7 Å². The summed E-state index contributed by atoms with van der Waals surface area (Å²) in [6.45, 7) is 6.89. The molecule has 5 rings (SSSR count). The number of aromatic nitrogens is 3. The Kier molecular flexibility index (Phi) is 6.24. The highest BCUT2D eigenvalue weighted by atomic mass is 35.5. The number of hydrogen-bond acceptors (Lipinski definition) is 4. The second kappa shape index (κ2) is 9.47. The zero-order valence-electron chi connectivity index (χ0n) is 19.5. The standard InChI is InChI=1S/C27H28ClN5O/c1-3-9-23-21(18-29-26-25(19(2)30-33(23)26)20-10-5-4-6-11-20)27(34)32-16-14-31(15-17-32)24-13-8-7-12-22(24)28/h4-8,10-13,18H,3,9,14-17H2,1-2H3. The van der Waals surface area contributed by atoms with E-state index in [1.165, 1.54) is 0 Å². The first-order valence-electron chi connectivity index (χ1n) is 11.8. The van der Waals surface area contributed by atoms with Gasteiger partial charge >= 0.3 is 0 Å². The van der Waals surface area contributed by atoms with Gasteiger partial charge in [-0.05, 0) is 31.0 Å². The molecule has 0 aliphatic carbocycles. The molecule has 0 spiro atoms. The van der Waals surface area contributed by atoms with E-state index in [0.29, 0.717) is 18.7 Å². The number of carbonyl (C=O) groups is 1. The number of carbonyl (C=O) groups excluding carboxylic acids is 1. The molecule has 1 saturated heterocycles. The van der Waals surface area contributed by atoms with Crippen LogP contribution in [0.2, 0.25) is 5.02 Å². The molecule has 0 radical (unpaired) electrons. The van der Waals surface area contributed by atoms with Crippen molar-refractivity contribution in [3.63, 3.8) is 0 Å². The van der Waals surface area contributed by atoms with Gasteiger partial charge in [0, 0.05) is 37.9 Å². The van der Waals surface area contributed by atoms with Crippen LogP contribution in [0.25, 0.3) is 16.8 Å². The minimum atomic E-state index is 0.0195. The molecular formula is C27H28ClN5O. The van der Waals surface area contributed by atoms with Crippen LogP contribution in [0.5, 0.6) is 0 Å². The number of fused-ring (bicyclic) bond motifs is 1. The van der Waals surface area contributed by atoms with Crippen molar-refractivity contribution < 1.29 is 4.79 Å². The van der Waals surface area contributed by atoms with Crippen LogP contribution in [0.3, 0.4) is 0 Å². The van der Waals surface area contributed by atoms with E-state index in [1.54, 1.807) is 6.20 Å². The second-order valence-electron chi connectivity index (χ2n) is 8.66. The zero-order valence-corrected chi connectivity index (χ0v) is 20.3. The maximum absolute atomic E-state index is 13.6. The average molecular weight is 474 g/mol. The summed E-state index contributed by atoms with van der Waals surface area (Å²) in [5.41, 5.74) is 6.40. The number of piperazine rings is 1. The molecule has 1 fully saturated rings. The molecule has 0 atom stereocenters. The fourth-order valence-electron chi connectivity index (χ4n) is 4.76. The molecule has 6 nitrogen and oxygen atoms in total. The van der Waals surface area contributed by atoms with E-state index in [4.69, 9.17) is 21.7 Å². The van der Waals surface area contributed by atoms with Crippen LogP contribution in [0.1, 0.15) is 35.1 Å². The quantitative estimate of drug-likeness (QED) is 0.396. The van der Waals surface area contributed by atoms with E-state index in [0.717, 1.165) is 64.8 Å². The zero-order chi connectivity index (χ0) is 23.7. The average Bonchev–Trinajstić information content (AvgIpc) is 3.21. The Balaban J connectivity index is 1.45. The van der Waals surface area contributed by atoms with Crippen LogP contribution in [-0.2, 0) is 6.42 Å². The maximum atomic E-state index is 13.6.